The number of likely N-dealkylation sites (tertiary alicyclic amines) is 1. The van der Waals surface area contributed by atoms with Crippen LogP contribution in [0.1, 0.15) is 5.56 Å². The van der Waals surface area contributed by atoms with Crippen molar-refractivity contribution in [2.75, 3.05) is 48.1 Å². The van der Waals surface area contributed by atoms with E-state index in [1.807, 2.05) is 6.07 Å². The normalized spacial score (nSPS) is 19.6. The highest BCUT2D eigenvalue weighted by atomic mass is 16.5. The molecule has 0 radical (unpaired) electrons. The van der Waals surface area contributed by atoms with E-state index in [1.54, 1.807) is 45.4 Å². The first-order valence-corrected chi connectivity index (χ1v) is 8.23. The first-order chi connectivity index (χ1) is 12.0. The maximum absolute atomic E-state index is 12.7. The number of methoxy groups -OCH3 is 3. The zero-order valence-corrected chi connectivity index (χ0v) is 15.2. The molecular formula is C18H26N2O5. The third-order valence-electron chi connectivity index (χ3n) is 4.56. The number of ether oxygens (including phenoxy) is 3. The molecule has 7 nitrogen and oxygen atoms in total. The molecule has 2 atom stereocenters. The van der Waals surface area contributed by atoms with Crippen LogP contribution in [0.4, 0.5) is 0 Å². The predicted octanol–water partition coefficient (Wildman–Crippen LogP) is 0.713. The second kappa shape index (κ2) is 8.71. The van der Waals surface area contributed by atoms with Crippen LogP contribution in [0.25, 0.3) is 0 Å². The fourth-order valence-electron chi connectivity index (χ4n) is 3.22. The monoisotopic (exact) mass is 350 g/mol. The molecule has 0 aromatic heterocycles. The second-order valence-corrected chi connectivity index (χ2v) is 6.10. The molecule has 25 heavy (non-hydrogen) atoms. The number of amides is 2. The van der Waals surface area contributed by atoms with Crippen LogP contribution in [0, 0.1) is 11.8 Å². The van der Waals surface area contributed by atoms with Gasteiger partial charge in [-0.15, -0.1) is 0 Å². The van der Waals surface area contributed by atoms with E-state index < -0.39 is 0 Å². The molecular weight excluding hydrogens is 324 g/mol. The summed E-state index contributed by atoms with van der Waals surface area (Å²) >= 11 is 0. The molecule has 2 amide bonds. The van der Waals surface area contributed by atoms with Crippen LogP contribution in [-0.4, -0.2) is 64.8 Å². The summed E-state index contributed by atoms with van der Waals surface area (Å²) in [6.07, 6.45) is 0.251. The van der Waals surface area contributed by atoms with E-state index in [2.05, 4.69) is 5.32 Å². The van der Waals surface area contributed by atoms with E-state index in [1.165, 1.54) is 0 Å². The lowest BCUT2D eigenvalue weighted by Crippen LogP contribution is -2.35. The molecule has 1 N–H and O–H groups in total. The number of nitrogens with zero attached hydrogens (tertiary/aromatic N) is 1. The Morgan fingerprint density at radius 3 is 2.48 bits per heavy atom. The maximum atomic E-state index is 12.7. The summed E-state index contributed by atoms with van der Waals surface area (Å²) in [4.78, 5) is 26.4. The average molecular weight is 350 g/mol. The van der Waals surface area contributed by atoms with Crippen molar-refractivity contribution >= 4 is 11.8 Å². The van der Waals surface area contributed by atoms with Crippen molar-refractivity contribution < 1.29 is 23.8 Å². The lowest BCUT2D eigenvalue weighted by molar-refractivity contribution is -0.130. The standard InChI is InChI=1S/C18H26N2O5/c1-19-18(22)14-10-20(9-13(14)11-23-2)17(21)8-12-5-6-15(24-3)16(7-12)25-4/h5-7,13-14H,8-11H2,1-4H3,(H,19,22). The summed E-state index contributed by atoms with van der Waals surface area (Å²) < 4.78 is 15.7. The minimum absolute atomic E-state index is 0.0132. The molecule has 0 bridgehead atoms. The molecule has 1 fully saturated rings. The largest absolute Gasteiger partial charge is 0.493 e. The summed E-state index contributed by atoms with van der Waals surface area (Å²) in [6, 6.07) is 5.43. The van der Waals surface area contributed by atoms with Gasteiger partial charge in [0.2, 0.25) is 11.8 Å². The van der Waals surface area contributed by atoms with Gasteiger partial charge in [0.05, 0.1) is 33.2 Å². The third kappa shape index (κ3) is 4.42. The fraction of sp³-hybridized carbons (Fsp3) is 0.556. The molecule has 1 aromatic carbocycles. The number of hydrogen-bond acceptors (Lipinski definition) is 5. The molecule has 0 spiro atoms. The Bertz CT molecular complexity index is 619. The van der Waals surface area contributed by atoms with Gasteiger partial charge in [0.25, 0.3) is 0 Å². The highest BCUT2D eigenvalue weighted by Gasteiger charge is 2.38. The lowest BCUT2D eigenvalue weighted by atomic mass is 9.96. The van der Waals surface area contributed by atoms with E-state index >= 15 is 0 Å². The molecule has 2 unspecified atom stereocenters. The Balaban J connectivity index is 2.07. The Morgan fingerprint density at radius 1 is 1.16 bits per heavy atom. The fourth-order valence-corrected chi connectivity index (χ4v) is 3.22. The maximum Gasteiger partial charge on any atom is 0.227 e. The lowest BCUT2D eigenvalue weighted by Gasteiger charge is -2.17. The summed E-state index contributed by atoms with van der Waals surface area (Å²) in [5.41, 5.74) is 0.842. The minimum Gasteiger partial charge on any atom is -0.493 e. The van der Waals surface area contributed by atoms with Crippen molar-refractivity contribution in [3.05, 3.63) is 23.8 Å². The van der Waals surface area contributed by atoms with Gasteiger partial charge in [-0.2, -0.15) is 0 Å². The van der Waals surface area contributed by atoms with Crippen LogP contribution in [0.5, 0.6) is 11.5 Å². The van der Waals surface area contributed by atoms with Crippen LogP contribution in [0.15, 0.2) is 18.2 Å². The zero-order valence-electron chi connectivity index (χ0n) is 15.2. The molecule has 1 heterocycles. The number of rotatable bonds is 7. The zero-order chi connectivity index (χ0) is 18.4. The van der Waals surface area contributed by atoms with Gasteiger partial charge in [-0.1, -0.05) is 6.07 Å². The summed E-state index contributed by atoms with van der Waals surface area (Å²) in [5, 5.41) is 2.67. The van der Waals surface area contributed by atoms with Crippen molar-refractivity contribution in [2.45, 2.75) is 6.42 Å². The molecule has 1 aliphatic heterocycles. The first-order valence-electron chi connectivity index (χ1n) is 8.23. The van der Waals surface area contributed by atoms with Crippen LogP contribution < -0.4 is 14.8 Å². The SMILES string of the molecule is CNC(=O)C1CN(C(=O)Cc2ccc(OC)c(OC)c2)CC1COC. The molecule has 1 aromatic rings. The van der Waals surface area contributed by atoms with Gasteiger partial charge >= 0.3 is 0 Å². The molecule has 7 heteroatoms. The van der Waals surface area contributed by atoms with Crippen LogP contribution in [0.3, 0.4) is 0 Å². The van der Waals surface area contributed by atoms with Gasteiger partial charge in [-0.25, -0.2) is 0 Å². The summed E-state index contributed by atoms with van der Waals surface area (Å²) in [7, 11) is 6.35. The van der Waals surface area contributed by atoms with Gasteiger partial charge in [0.1, 0.15) is 0 Å². The minimum atomic E-state index is -0.237. The first kappa shape index (κ1) is 19.1. The van der Waals surface area contributed by atoms with Crippen molar-refractivity contribution in [3.8, 4) is 11.5 Å². The van der Waals surface area contributed by atoms with Crippen molar-refractivity contribution in [2.24, 2.45) is 11.8 Å². The number of carbonyl (C=O) groups is 2. The summed E-state index contributed by atoms with van der Waals surface area (Å²) in [6.45, 7) is 1.40. The molecule has 0 aliphatic carbocycles. The van der Waals surface area contributed by atoms with E-state index in [4.69, 9.17) is 14.2 Å². The van der Waals surface area contributed by atoms with E-state index in [0.29, 0.717) is 31.2 Å². The number of carbonyl (C=O) groups excluding carboxylic acids is 2. The quantitative estimate of drug-likeness (QED) is 0.784. The highest BCUT2D eigenvalue weighted by Crippen LogP contribution is 2.29. The van der Waals surface area contributed by atoms with Crippen LogP contribution in [0.2, 0.25) is 0 Å². The van der Waals surface area contributed by atoms with E-state index in [9.17, 15) is 9.59 Å². The predicted molar refractivity (Wildman–Crippen MR) is 92.8 cm³/mol. The van der Waals surface area contributed by atoms with Crippen LogP contribution in [-0.2, 0) is 20.7 Å². The van der Waals surface area contributed by atoms with E-state index in [0.717, 1.165) is 5.56 Å². The second-order valence-electron chi connectivity index (χ2n) is 6.10. The Hall–Kier alpha value is -2.28. The average Bonchev–Trinajstić information content (AvgIpc) is 3.05. The number of benzene rings is 1. The number of nitrogens with one attached hydrogen (secondary N) is 1. The van der Waals surface area contributed by atoms with Gasteiger partial charge in [-0.3, -0.25) is 9.59 Å². The molecule has 138 valence electrons. The van der Waals surface area contributed by atoms with Gasteiger partial charge in [0, 0.05) is 33.2 Å². The summed E-state index contributed by atoms with van der Waals surface area (Å²) in [5.74, 6) is 0.927. The van der Waals surface area contributed by atoms with Crippen LogP contribution >= 0.6 is 0 Å². The van der Waals surface area contributed by atoms with E-state index in [-0.39, 0.29) is 30.1 Å². The van der Waals surface area contributed by atoms with Gasteiger partial charge in [0.15, 0.2) is 11.5 Å². The molecule has 0 saturated carbocycles. The molecule has 1 aliphatic rings. The van der Waals surface area contributed by atoms with Crippen molar-refractivity contribution in [1.82, 2.24) is 10.2 Å². The molecule has 1 saturated heterocycles. The Kier molecular flexibility index (Phi) is 6.64. The van der Waals surface area contributed by atoms with Gasteiger partial charge < -0.3 is 24.4 Å². The van der Waals surface area contributed by atoms with Crippen molar-refractivity contribution in [3.63, 3.8) is 0 Å². The molecule has 2 rings (SSSR count). The smallest absolute Gasteiger partial charge is 0.227 e. The third-order valence-corrected chi connectivity index (χ3v) is 4.56. The highest BCUT2D eigenvalue weighted by molar-refractivity contribution is 5.83. The Labute approximate surface area is 148 Å². The Morgan fingerprint density at radius 2 is 1.88 bits per heavy atom. The van der Waals surface area contributed by atoms with Crippen molar-refractivity contribution in [1.29, 1.82) is 0 Å². The topological polar surface area (TPSA) is 77.1 Å². The number of hydrogen-bond donors (Lipinski definition) is 1. The van der Waals surface area contributed by atoms with Gasteiger partial charge in [-0.05, 0) is 17.7 Å².